The molecule has 2 aliphatic rings. The number of aromatic nitrogens is 1. The highest BCUT2D eigenvalue weighted by Crippen LogP contribution is 2.41. The fourth-order valence-electron chi connectivity index (χ4n) is 6.45. The fourth-order valence-corrected chi connectivity index (χ4v) is 6.45. The Morgan fingerprint density at radius 1 is 1.00 bits per heavy atom. The largest absolute Gasteiger partial charge is 0.416 e. The van der Waals surface area contributed by atoms with E-state index in [0.717, 1.165) is 17.7 Å². The first-order valence-electron chi connectivity index (χ1n) is 14.6. The van der Waals surface area contributed by atoms with E-state index < -0.39 is 35.0 Å². The molecule has 2 saturated heterocycles. The third kappa shape index (κ3) is 6.09. The van der Waals surface area contributed by atoms with Gasteiger partial charge >= 0.3 is 6.18 Å². The van der Waals surface area contributed by atoms with Gasteiger partial charge in [-0.3, -0.25) is 24.8 Å². The summed E-state index contributed by atoms with van der Waals surface area (Å²) in [5, 5.41) is 14.5. The Morgan fingerprint density at radius 3 is 2.45 bits per heavy atom. The minimum Gasteiger partial charge on any atom is -0.385 e. The van der Waals surface area contributed by atoms with Gasteiger partial charge in [0, 0.05) is 42.7 Å². The molecule has 0 spiro atoms. The van der Waals surface area contributed by atoms with E-state index in [9.17, 15) is 27.9 Å². The van der Waals surface area contributed by atoms with Gasteiger partial charge in [-0.1, -0.05) is 48.5 Å². The topological polar surface area (TPSA) is 82.5 Å². The number of carbonyl (C=O) groups excluding carboxylic acids is 2. The number of rotatable bonds is 6. The first-order chi connectivity index (χ1) is 21.0. The Kier molecular flexibility index (Phi) is 7.98. The number of amides is 2. The van der Waals surface area contributed by atoms with Gasteiger partial charge in [0.1, 0.15) is 5.82 Å². The van der Waals surface area contributed by atoms with E-state index in [2.05, 4.69) is 15.2 Å². The van der Waals surface area contributed by atoms with Crippen LogP contribution in [-0.2, 0) is 34.3 Å². The molecule has 3 aromatic carbocycles. The number of carbonyl (C=O) groups is 2. The van der Waals surface area contributed by atoms with Crippen molar-refractivity contribution in [3.8, 4) is 0 Å². The third-order valence-electron chi connectivity index (χ3n) is 8.85. The molecule has 0 saturated carbocycles. The number of benzene rings is 3. The number of pyridine rings is 1. The molecule has 10 heteroatoms. The molecule has 228 valence electrons. The standard InChI is InChI=1S/C34H31F4N3O3/c35-31-27-17-23(26-10-13-30(42)40-32(26)43)19-39-29(27)12-11-28(31)33(44)14-15-41(25(18-33)16-21-4-2-1-3-5-21)20-22-6-8-24(9-7-22)34(36,37)38/h1-9,11-12,17,19,25-26,44H,10,13-16,18,20H2,(H,40,42,43). The summed E-state index contributed by atoms with van der Waals surface area (Å²) in [6, 6.07) is 19.3. The number of likely N-dealkylation sites (tertiary alicyclic amines) is 1. The lowest BCUT2D eigenvalue weighted by Gasteiger charge is -2.44. The summed E-state index contributed by atoms with van der Waals surface area (Å²) < 4.78 is 55.6. The van der Waals surface area contributed by atoms with Crippen molar-refractivity contribution in [3.63, 3.8) is 0 Å². The summed E-state index contributed by atoms with van der Waals surface area (Å²) in [7, 11) is 0. The van der Waals surface area contributed by atoms with Crippen molar-refractivity contribution in [2.75, 3.05) is 6.54 Å². The second-order valence-corrected chi connectivity index (χ2v) is 11.8. The highest BCUT2D eigenvalue weighted by atomic mass is 19.4. The number of aliphatic hydroxyl groups is 1. The maximum absolute atomic E-state index is 16.3. The first kappa shape index (κ1) is 29.9. The van der Waals surface area contributed by atoms with Crippen LogP contribution in [0.1, 0.15) is 59.4 Å². The lowest BCUT2D eigenvalue weighted by atomic mass is 9.78. The molecular weight excluding hydrogens is 574 g/mol. The van der Waals surface area contributed by atoms with Crippen LogP contribution in [0.5, 0.6) is 0 Å². The van der Waals surface area contributed by atoms with E-state index in [0.29, 0.717) is 42.6 Å². The van der Waals surface area contributed by atoms with Gasteiger partial charge in [-0.2, -0.15) is 13.2 Å². The number of piperidine rings is 2. The molecule has 6 nitrogen and oxygen atoms in total. The molecule has 3 heterocycles. The summed E-state index contributed by atoms with van der Waals surface area (Å²) in [6.07, 6.45) is -1.45. The molecule has 3 unspecified atom stereocenters. The van der Waals surface area contributed by atoms with E-state index in [1.165, 1.54) is 18.3 Å². The number of imide groups is 1. The van der Waals surface area contributed by atoms with Crippen LogP contribution in [0.4, 0.5) is 17.6 Å². The van der Waals surface area contributed by atoms with Crippen LogP contribution < -0.4 is 5.32 Å². The van der Waals surface area contributed by atoms with Crippen molar-refractivity contribution in [1.29, 1.82) is 0 Å². The Morgan fingerprint density at radius 2 is 1.75 bits per heavy atom. The molecule has 0 aliphatic carbocycles. The summed E-state index contributed by atoms with van der Waals surface area (Å²) in [5.41, 5.74) is 0.530. The Labute approximate surface area is 251 Å². The number of halogens is 4. The zero-order chi connectivity index (χ0) is 31.1. The van der Waals surface area contributed by atoms with Crippen LogP contribution in [-0.4, -0.2) is 39.4 Å². The molecule has 2 N–H and O–H groups in total. The van der Waals surface area contributed by atoms with Crippen LogP contribution in [0.15, 0.2) is 79.0 Å². The molecule has 6 rings (SSSR count). The number of nitrogens with zero attached hydrogens (tertiary/aromatic N) is 2. The van der Waals surface area contributed by atoms with E-state index in [4.69, 9.17) is 0 Å². The van der Waals surface area contributed by atoms with Crippen molar-refractivity contribution in [2.24, 2.45) is 0 Å². The van der Waals surface area contributed by atoms with E-state index in [-0.39, 0.29) is 42.2 Å². The van der Waals surface area contributed by atoms with Gasteiger partial charge in [-0.05, 0) is 66.6 Å². The monoisotopic (exact) mass is 605 g/mol. The van der Waals surface area contributed by atoms with Crippen molar-refractivity contribution < 1.29 is 32.3 Å². The van der Waals surface area contributed by atoms with E-state index >= 15 is 4.39 Å². The molecular formula is C34H31F4N3O3. The lowest BCUT2D eigenvalue weighted by molar-refractivity contribution is -0.138. The summed E-state index contributed by atoms with van der Waals surface area (Å²) >= 11 is 0. The Hall–Kier alpha value is -4.15. The Balaban J connectivity index is 1.30. The third-order valence-corrected chi connectivity index (χ3v) is 8.85. The van der Waals surface area contributed by atoms with Gasteiger partial charge in [0.15, 0.2) is 0 Å². The van der Waals surface area contributed by atoms with Crippen molar-refractivity contribution in [3.05, 3.63) is 113 Å². The normalized spacial score (nSPS) is 23.1. The molecule has 44 heavy (non-hydrogen) atoms. The van der Waals surface area contributed by atoms with E-state index in [1.807, 2.05) is 30.3 Å². The highest BCUT2D eigenvalue weighted by molar-refractivity contribution is 6.01. The molecule has 0 bridgehead atoms. The number of hydrogen-bond donors (Lipinski definition) is 2. The second kappa shape index (κ2) is 11.7. The van der Waals surface area contributed by atoms with Gasteiger partial charge in [-0.25, -0.2) is 4.39 Å². The Bertz CT molecular complexity index is 1690. The molecule has 4 aromatic rings. The zero-order valence-corrected chi connectivity index (χ0v) is 23.8. The molecule has 0 radical (unpaired) electrons. The van der Waals surface area contributed by atoms with Gasteiger partial charge < -0.3 is 5.11 Å². The SMILES string of the molecule is O=C1CCC(c2cnc3ccc(C4(O)CCN(Cc5ccc(C(F)(F)F)cc5)C(Cc5ccccc5)C4)c(F)c3c2)C(=O)N1. The smallest absolute Gasteiger partial charge is 0.385 e. The second-order valence-electron chi connectivity index (χ2n) is 11.8. The van der Waals surface area contributed by atoms with Crippen LogP contribution in [0.25, 0.3) is 10.9 Å². The van der Waals surface area contributed by atoms with Crippen LogP contribution in [0.2, 0.25) is 0 Å². The summed E-state index contributed by atoms with van der Waals surface area (Å²) in [6.45, 7) is 0.770. The number of nitrogens with one attached hydrogen (secondary N) is 1. The maximum atomic E-state index is 16.3. The van der Waals surface area contributed by atoms with Crippen LogP contribution in [0.3, 0.4) is 0 Å². The molecule has 1 aromatic heterocycles. The van der Waals surface area contributed by atoms with Crippen LogP contribution in [0, 0.1) is 5.82 Å². The predicted molar refractivity (Wildman–Crippen MR) is 156 cm³/mol. The molecule has 2 amide bonds. The fraction of sp³-hybridized carbons (Fsp3) is 0.324. The number of hydrogen-bond acceptors (Lipinski definition) is 5. The average molecular weight is 606 g/mol. The number of fused-ring (bicyclic) bond motifs is 1. The van der Waals surface area contributed by atoms with Gasteiger partial charge in [0.25, 0.3) is 0 Å². The maximum Gasteiger partial charge on any atom is 0.416 e. The predicted octanol–water partition coefficient (Wildman–Crippen LogP) is 6.01. The minimum atomic E-state index is -4.42. The lowest BCUT2D eigenvalue weighted by Crippen LogP contribution is -2.50. The van der Waals surface area contributed by atoms with Crippen molar-refractivity contribution in [1.82, 2.24) is 15.2 Å². The first-order valence-corrected chi connectivity index (χ1v) is 14.6. The van der Waals surface area contributed by atoms with E-state index in [1.54, 1.807) is 18.2 Å². The molecule has 3 atom stereocenters. The number of alkyl halides is 3. The minimum absolute atomic E-state index is 0.138. The summed E-state index contributed by atoms with van der Waals surface area (Å²) in [5.74, 6) is -2.02. The van der Waals surface area contributed by atoms with Crippen LogP contribution >= 0.6 is 0 Å². The highest BCUT2D eigenvalue weighted by Gasteiger charge is 2.42. The summed E-state index contributed by atoms with van der Waals surface area (Å²) in [4.78, 5) is 30.6. The van der Waals surface area contributed by atoms with Gasteiger partial charge in [-0.15, -0.1) is 0 Å². The van der Waals surface area contributed by atoms with Gasteiger partial charge in [0.2, 0.25) is 11.8 Å². The zero-order valence-electron chi connectivity index (χ0n) is 23.8. The van der Waals surface area contributed by atoms with Crippen molar-refractivity contribution >= 4 is 22.7 Å². The average Bonchev–Trinajstić information content (AvgIpc) is 2.99. The van der Waals surface area contributed by atoms with Crippen molar-refractivity contribution in [2.45, 2.75) is 62.4 Å². The molecule has 2 aliphatic heterocycles. The quantitative estimate of drug-likeness (QED) is 0.208. The molecule has 2 fully saturated rings. The van der Waals surface area contributed by atoms with Gasteiger partial charge in [0.05, 0.1) is 22.6 Å².